The van der Waals surface area contributed by atoms with Crippen molar-refractivity contribution in [3.05, 3.63) is 35.4 Å². The van der Waals surface area contributed by atoms with Crippen LogP contribution in [0.1, 0.15) is 63.0 Å². The first-order valence-corrected chi connectivity index (χ1v) is 8.16. The Hall–Kier alpha value is -0.860. The summed E-state index contributed by atoms with van der Waals surface area (Å²) in [4.78, 5) is 2.52. The third kappa shape index (κ3) is 2.77. The number of benzene rings is 1. The van der Waals surface area contributed by atoms with Gasteiger partial charge in [0.2, 0.25) is 0 Å². The number of hydrogen-bond acceptors (Lipinski definition) is 2. The highest BCUT2D eigenvalue weighted by Gasteiger charge is 2.40. The average Bonchev–Trinajstić information content (AvgIpc) is 2.48. The van der Waals surface area contributed by atoms with E-state index in [4.69, 9.17) is 5.73 Å². The van der Waals surface area contributed by atoms with Crippen LogP contribution in [-0.4, -0.2) is 25.0 Å². The molecule has 0 aliphatic heterocycles. The predicted molar refractivity (Wildman–Crippen MR) is 87.0 cm³/mol. The van der Waals surface area contributed by atoms with Crippen molar-refractivity contribution in [1.82, 2.24) is 4.90 Å². The minimum Gasteiger partial charge on any atom is -0.328 e. The maximum atomic E-state index is 6.26. The van der Waals surface area contributed by atoms with Gasteiger partial charge in [0.25, 0.3) is 0 Å². The zero-order chi connectivity index (χ0) is 14.6. The highest BCUT2D eigenvalue weighted by atomic mass is 15.2. The fourth-order valence-corrected chi connectivity index (χ4v) is 3.67. The Morgan fingerprint density at radius 1 is 1.30 bits per heavy atom. The molecular formula is C18H30N2. The molecule has 0 fully saturated rings. The van der Waals surface area contributed by atoms with Crippen LogP contribution in [-0.2, 0) is 5.54 Å². The van der Waals surface area contributed by atoms with Crippen molar-refractivity contribution in [3.63, 3.8) is 0 Å². The van der Waals surface area contributed by atoms with Gasteiger partial charge in [0.05, 0.1) is 5.54 Å². The summed E-state index contributed by atoms with van der Waals surface area (Å²) in [5.41, 5.74) is 9.29. The Balaban J connectivity index is 2.28. The quantitative estimate of drug-likeness (QED) is 0.798. The number of nitrogens with two attached hydrogens (primary N) is 1. The van der Waals surface area contributed by atoms with Crippen LogP contribution in [0, 0.1) is 0 Å². The van der Waals surface area contributed by atoms with Crippen molar-refractivity contribution < 1.29 is 0 Å². The van der Waals surface area contributed by atoms with E-state index in [0.717, 1.165) is 13.1 Å². The second-order valence-corrected chi connectivity index (χ2v) is 6.39. The van der Waals surface area contributed by atoms with Crippen molar-refractivity contribution in [2.45, 2.75) is 57.4 Å². The van der Waals surface area contributed by atoms with Gasteiger partial charge < -0.3 is 5.73 Å². The lowest BCUT2D eigenvalue weighted by Crippen LogP contribution is -2.52. The minimum atomic E-state index is 0.0524. The molecule has 1 aromatic carbocycles. The molecule has 2 heteroatoms. The summed E-state index contributed by atoms with van der Waals surface area (Å²) < 4.78 is 0. The van der Waals surface area contributed by atoms with E-state index in [0.29, 0.717) is 5.92 Å². The molecule has 1 aromatic rings. The number of unbranched alkanes of at least 4 members (excludes halogenated alkanes) is 2. The third-order valence-electron chi connectivity index (χ3n) is 5.15. The molecule has 0 radical (unpaired) electrons. The van der Waals surface area contributed by atoms with E-state index in [9.17, 15) is 0 Å². The molecule has 0 bridgehead atoms. The van der Waals surface area contributed by atoms with Crippen molar-refractivity contribution in [2.24, 2.45) is 5.73 Å². The molecule has 2 N–H and O–H groups in total. The SMILES string of the molecule is CCCCCN(C)C1(CN)CCC(C)c2ccccc21. The fraction of sp³-hybridized carbons (Fsp3) is 0.667. The van der Waals surface area contributed by atoms with Gasteiger partial charge in [-0.25, -0.2) is 0 Å². The van der Waals surface area contributed by atoms with E-state index in [-0.39, 0.29) is 5.54 Å². The van der Waals surface area contributed by atoms with Crippen LogP contribution in [0.3, 0.4) is 0 Å². The minimum absolute atomic E-state index is 0.0524. The van der Waals surface area contributed by atoms with Gasteiger partial charge in [0.1, 0.15) is 0 Å². The van der Waals surface area contributed by atoms with Crippen molar-refractivity contribution in [2.75, 3.05) is 20.1 Å². The normalized spacial score (nSPS) is 25.8. The van der Waals surface area contributed by atoms with Gasteiger partial charge in [-0.2, -0.15) is 0 Å². The Morgan fingerprint density at radius 2 is 2.05 bits per heavy atom. The van der Waals surface area contributed by atoms with Crippen LogP contribution < -0.4 is 5.73 Å². The lowest BCUT2D eigenvalue weighted by Gasteiger charge is -2.47. The molecule has 0 spiro atoms. The van der Waals surface area contributed by atoms with Crippen LogP contribution in [0.4, 0.5) is 0 Å². The maximum absolute atomic E-state index is 6.26. The van der Waals surface area contributed by atoms with Gasteiger partial charge >= 0.3 is 0 Å². The van der Waals surface area contributed by atoms with Crippen molar-refractivity contribution in [1.29, 1.82) is 0 Å². The van der Waals surface area contributed by atoms with E-state index >= 15 is 0 Å². The Bertz CT molecular complexity index is 429. The summed E-state index contributed by atoms with van der Waals surface area (Å²) in [6.45, 7) is 6.47. The van der Waals surface area contributed by atoms with Gasteiger partial charge in [-0.05, 0) is 49.9 Å². The fourth-order valence-electron chi connectivity index (χ4n) is 3.67. The zero-order valence-electron chi connectivity index (χ0n) is 13.4. The molecule has 2 rings (SSSR count). The number of rotatable bonds is 6. The zero-order valence-corrected chi connectivity index (χ0v) is 13.4. The van der Waals surface area contributed by atoms with Gasteiger partial charge in [0.15, 0.2) is 0 Å². The molecule has 2 unspecified atom stereocenters. The van der Waals surface area contributed by atoms with Crippen LogP contribution in [0.15, 0.2) is 24.3 Å². The van der Waals surface area contributed by atoms with Gasteiger partial charge in [-0.3, -0.25) is 4.90 Å². The first-order chi connectivity index (χ1) is 9.65. The summed E-state index contributed by atoms with van der Waals surface area (Å²) >= 11 is 0. The largest absolute Gasteiger partial charge is 0.328 e. The van der Waals surface area contributed by atoms with Crippen LogP contribution in [0.25, 0.3) is 0 Å². The first-order valence-electron chi connectivity index (χ1n) is 8.16. The molecule has 0 amide bonds. The van der Waals surface area contributed by atoms with Crippen LogP contribution in [0.5, 0.6) is 0 Å². The molecule has 0 saturated heterocycles. The van der Waals surface area contributed by atoms with E-state index < -0.39 is 0 Å². The third-order valence-corrected chi connectivity index (χ3v) is 5.15. The average molecular weight is 274 g/mol. The molecule has 20 heavy (non-hydrogen) atoms. The number of hydrogen-bond donors (Lipinski definition) is 1. The molecule has 0 aromatic heterocycles. The van der Waals surface area contributed by atoms with E-state index in [2.05, 4.69) is 50.1 Å². The van der Waals surface area contributed by atoms with Gasteiger partial charge in [-0.15, -0.1) is 0 Å². The molecule has 1 aliphatic rings. The summed E-state index contributed by atoms with van der Waals surface area (Å²) in [7, 11) is 2.26. The predicted octanol–water partition coefficient (Wildman–Crippen LogP) is 3.86. The first kappa shape index (κ1) is 15.5. The summed E-state index contributed by atoms with van der Waals surface area (Å²) in [5, 5.41) is 0. The lowest BCUT2D eigenvalue weighted by atomic mass is 9.71. The number of likely N-dealkylation sites (N-methyl/N-ethyl adjacent to an activating group) is 1. The molecule has 112 valence electrons. The lowest BCUT2D eigenvalue weighted by molar-refractivity contribution is 0.0975. The highest BCUT2D eigenvalue weighted by molar-refractivity contribution is 5.39. The van der Waals surface area contributed by atoms with E-state index in [1.807, 2.05) is 0 Å². The summed E-state index contributed by atoms with van der Waals surface area (Å²) in [5.74, 6) is 0.662. The second kappa shape index (κ2) is 6.73. The molecular weight excluding hydrogens is 244 g/mol. The topological polar surface area (TPSA) is 29.3 Å². The van der Waals surface area contributed by atoms with Crippen LogP contribution >= 0.6 is 0 Å². The van der Waals surface area contributed by atoms with E-state index in [1.54, 1.807) is 0 Å². The van der Waals surface area contributed by atoms with Gasteiger partial charge in [-0.1, -0.05) is 51.0 Å². The smallest absolute Gasteiger partial charge is 0.0584 e. The molecule has 2 nitrogen and oxygen atoms in total. The molecule has 2 atom stereocenters. The summed E-state index contributed by atoms with van der Waals surface area (Å²) in [6, 6.07) is 8.93. The standard InChI is InChI=1S/C18H30N2/c1-4-5-8-13-20(3)18(14-19)12-11-15(2)16-9-6-7-10-17(16)18/h6-7,9-10,15H,4-5,8,11-14,19H2,1-3H3. The molecule has 1 aliphatic carbocycles. The Labute approximate surface area is 124 Å². The summed E-state index contributed by atoms with van der Waals surface area (Å²) in [6.07, 6.45) is 6.28. The Kier molecular flexibility index (Phi) is 5.22. The van der Waals surface area contributed by atoms with E-state index in [1.165, 1.54) is 43.2 Å². The Morgan fingerprint density at radius 3 is 2.75 bits per heavy atom. The molecule has 0 saturated carbocycles. The second-order valence-electron chi connectivity index (χ2n) is 6.39. The van der Waals surface area contributed by atoms with Gasteiger partial charge in [0, 0.05) is 6.54 Å². The monoisotopic (exact) mass is 274 g/mol. The highest BCUT2D eigenvalue weighted by Crippen LogP contribution is 2.43. The van der Waals surface area contributed by atoms with Crippen molar-refractivity contribution in [3.8, 4) is 0 Å². The van der Waals surface area contributed by atoms with Crippen LogP contribution in [0.2, 0.25) is 0 Å². The maximum Gasteiger partial charge on any atom is 0.0584 e. The number of nitrogens with zero attached hydrogens (tertiary/aromatic N) is 1. The van der Waals surface area contributed by atoms with Crippen molar-refractivity contribution >= 4 is 0 Å². The molecule has 0 heterocycles. The number of fused-ring (bicyclic) bond motifs is 1.